The average molecular weight is 489 g/mol. The number of hydrogen-bond donors (Lipinski definition) is 0. The van der Waals surface area contributed by atoms with Gasteiger partial charge in [-0.25, -0.2) is 8.42 Å². The first kappa shape index (κ1) is 22.8. The lowest BCUT2D eigenvalue weighted by Gasteiger charge is -2.36. The van der Waals surface area contributed by atoms with Gasteiger partial charge in [0.2, 0.25) is 5.91 Å². The fourth-order valence-electron chi connectivity index (χ4n) is 4.20. The molecule has 0 saturated heterocycles. The summed E-state index contributed by atoms with van der Waals surface area (Å²) >= 11 is 12.5. The standard InChI is InChI=1S/C24H22Cl2N2O3S/c1-16-18-6-2-9-23(32(30,31)15-17-5-4-11-27-14-17)19(18)10-12-28(16)24(29)13-20-21(25)7-3-8-22(20)26/h2-9,11,14,16H,10,12-13,15H2,1H3/t16-/m0/s1. The van der Waals surface area contributed by atoms with Crippen molar-refractivity contribution >= 4 is 38.9 Å². The number of rotatable bonds is 5. The van der Waals surface area contributed by atoms with Gasteiger partial charge in [0.25, 0.3) is 0 Å². The second-order valence-corrected chi connectivity index (χ2v) is 10.6. The lowest BCUT2D eigenvalue weighted by molar-refractivity contribution is -0.133. The Hall–Kier alpha value is -2.41. The highest BCUT2D eigenvalue weighted by molar-refractivity contribution is 7.90. The van der Waals surface area contributed by atoms with Gasteiger partial charge in [0.05, 0.1) is 23.1 Å². The zero-order valence-electron chi connectivity index (χ0n) is 17.5. The van der Waals surface area contributed by atoms with Crippen molar-refractivity contribution in [2.45, 2.75) is 36.5 Å². The second kappa shape index (κ2) is 9.22. The third kappa shape index (κ3) is 4.53. The van der Waals surface area contributed by atoms with Crippen LogP contribution in [-0.4, -0.2) is 30.8 Å². The van der Waals surface area contributed by atoms with Crippen molar-refractivity contribution in [3.63, 3.8) is 0 Å². The molecular formula is C24H22Cl2N2O3S. The number of carbonyl (C=O) groups excluding carboxylic acids is 1. The number of pyridine rings is 1. The summed E-state index contributed by atoms with van der Waals surface area (Å²) in [5.41, 5.74) is 2.87. The van der Waals surface area contributed by atoms with Crippen LogP contribution in [0.4, 0.5) is 0 Å². The van der Waals surface area contributed by atoms with Crippen molar-refractivity contribution < 1.29 is 13.2 Å². The van der Waals surface area contributed by atoms with E-state index in [9.17, 15) is 13.2 Å². The van der Waals surface area contributed by atoms with Crippen LogP contribution in [0.1, 0.15) is 35.2 Å². The largest absolute Gasteiger partial charge is 0.335 e. The Balaban J connectivity index is 1.60. The highest BCUT2D eigenvalue weighted by atomic mass is 35.5. The molecule has 3 aromatic rings. The Morgan fingerprint density at radius 3 is 2.50 bits per heavy atom. The number of halogens is 2. The molecule has 166 valence electrons. The van der Waals surface area contributed by atoms with Gasteiger partial charge in [0.1, 0.15) is 0 Å². The summed E-state index contributed by atoms with van der Waals surface area (Å²) < 4.78 is 26.3. The molecule has 1 aliphatic rings. The second-order valence-electron chi connectivity index (χ2n) is 7.83. The van der Waals surface area contributed by atoms with Crippen LogP contribution >= 0.6 is 23.2 Å². The normalized spacial score (nSPS) is 16.0. The van der Waals surface area contributed by atoms with Gasteiger partial charge in [-0.05, 0) is 59.9 Å². The van der Waals surface area contributed by atoms with Gasteiger partial charge in [-0.1, -0.05) is 47.5 Å². The van der Waals surface area contributed by atoms with E-state index in [-0.39, 0.29) is 24.1 Å². The molecule has 0 aliphatic carbocycles. The van der Waals surface area contributed by atoms with Crippen LogP contribution in [0.3, 0.4) is 0 Å². The lowest BCUT2D eigenvalue weighted by Crippen LogP contribution is -2.40. The lowest BCUT2D eigenvalue weighted by atomic mass is 9.93. The van der Waals surface area contributed by atoms with Crippen LogP contribution in [0.25, 0.3) is 0 Å². The van der Waals surface area contributed by atoms with E-state index in [0.29, 0.717) is 39.0 Å². The zero-order chi connectivity index (χ0) is 22.9. The molecule has 0 fully saturated rings. The minimum absolute atomic E-state index is 0.0944. The number of fused-ring (bicyclic) bond motifs is 1. The minimum Gasteiger partial charge on any atom is -0.335 e. The molecule has 1 amide bonds. The first-order valence-electron chi connectivity index (χ1n) is 10.2. The maximum Gasteiger partial charge on any atom is 0.227 e. The number of amides is 1. The number of aromatic nitrogens is 1. The average Bonchev–Trinajstić information content (AvgIpc) is 2.76. The fraction of sp³-hybridized carbons (Fsp3) is 0.250. The topological polar surface area (TPSA) is 67.3 Å². The van der Waals surface area contributed by atoms with E-state index in [1.165, 1.54) is 0 Å². The van der Waals surface area contributed by atoms with Crippen LogP contribution in [0.15, 0.2) is 65.8 Å². The quantitative estimate of drug-likeness (QED) is 0.503. The van der Waals surface area contributed by atoms with E-state index in [1.807, 2.05) is 13.0 Å². The van der Waals surface area contributed by atoms with Crippen molar-refractivity contribution in [1.82, 2.24) is 9.88 Å². The van der Waals surface area contributed by atoms with Crippen molar-refractivity contribution in [1.29, 1.82) is 0 Å². The molecule has 8 heteroatoms. The van der Waals surface area contributed by atoms with Crippen LogP contribution < -0.4 is 0 Å². The van der Waals surface area contributed by atoms with E-state index in [0.717, 1.165) is 11.1 Å². The van der Waals surface area contributed by atoms with Crippen LogP contribution in [-0.2, 0) is 33.2 Å². The predicted octanol–water partition coefficient (Wildman–Crippen LogP) is 5.05. The number of nitrogens with zero attached hydrogens (tertiary/aromatic N) is 2. The van der Waals surface area contributed by atoms with Gasteiger partial charge in [0.15, 0.2) is 9.84 Å². The highest BCUT2D eigenvalue weighted by Gasteiger charge is 2.32. The van der Waals surface area contributed by atoms with E-state index < -0.39 is 9.84 Å². The Kier molecular flexibility index (Phi) is 6.56. The molecule has 1 atom stereocenters. The van der Waals surface area contributed by atoms with Crippen molar-refractivity contribution in [3.8, 4) is 0 Å². The smallest absolute Gasteiger partial charge is 0.227 e. The molecule has 0 N–H and O–H groups in total. The number of sulfone groups is 1. The summed E-state index contributed by atoms with van der Waals surface area (Å²) in [6.45, 7) is 2.34. The summed E-state index contributed by atoms with van der Waals surface area (Å²) in [6, 6.07) is 13.7. The maximum atomic E-state index is 13.2. The summed E-state index contributed by atoms with van der Waals surface area (Å²) in [7, 11) is -3.55. The summed E-state index contributed by atoms with van der Waals surface area (Å²) in [5, 5.41) is 0.916. The molecule has 0 radical (unpaired) electrons. The molecule has 0 saturated carbocycles. The SMILES string of the molecule is C[C@H]1c2cccc(S(=O)(=O)Cc3cccnc3)c2CCN1C(=O)Cc1c(Cl)cccc1Cl. The molecule has 1 aromatic heterocycles. The van der Waals surface area contributed by atoms with E-state index in [1.54, 1.807) is 59.8 Å². The van der Waals surface area contributed by atoms with Crippen LogP contribution in [0.5, 0.6) is 0 Å². The summed E-state index contributed by atoms with van der Waals surface area (Å²) in [4.78, 5) is 19.2. The number of hydrogen-bond acceptors (Lipinski definition) is 4. The van der Waals surface area contributed by atoms with Crippen molar-refractivity contribution in [2.75, 3.05) is 6.54 Å². The third-order valence-corrected chi connectivity index (χ3v) is 8.29. The van der Waals surface area contributed by atoms with Crippen molar-refractivity contribution in [3.05, 3.63) is 93.2 Å². The Bertz CT molecular complexity index is 1240. The van der Waals surface area contributed by atoms with Gasteiger partial charge >= 0.3 is 0 Å². The highest BCUT2D eigenvalue weighted by Crippen LogP contribution is 2.35. The van der Waals surface area contributed by atoms with Gasteiger partial charge in [0, 0.05) is 29.0 Å². The number of benzene rings is 2. The van der Waals surface area contributed by atoms with Gasteiger partial charge in [-0.3, -0.25) is 9.78 Å². The molecule has 4 rings (SSSR count). The monoisotopic (exact) mass is 488 g/mol. The van der Waals surface area contributed by atoms with Crippen LogP contribution in [0, 0.1) is 0 Å². The summed E-state index contributed by atoms with van der Waals surface area (Å²) in [6.07, 6.45) is 3.74. The first-order chi connectivity index (χ1) is 15.3. The molecule has 2 aromatic carbocycles. The molecule has 0 unspecified atom stereocenters. The molecule has 2 heterocycles. The van der Waals surface area contributed by atoms with Crippen molar-refractivity contribution in [2.24, 2.45) is 0 Å². The van der Waals surface area contributed by atoms with Crippen LogP contribution in [0.2, 0.25) is 10.0 Å². The molecular weight excluding hydrogens is 467 g/mol. The van der Waals surface area contributed by atoms with Gasteiger partial charge < -0.3 is 4.90 Å². The Morgan fingerprint density at radius 2 is 1.81 bits per heavy atom. The van der Waals surface area contributed by atoms with E-state index in [2.05, 4.69) is 4.98 Å². The third-order valence-electron chi connectivity index (χ3n) is 5.81. The zero-order valence-corrected chi connectivity index (χ0v) is 19.8. The predicted molar refractivity (Wildman–Crippen MR) is 126 cm³/mol. The van der Waals surface area contributed by atoms with E-state index >= 15 is 0 Å². The first-order valence-corrected chi connectivity index (χ1v) is 12.6. The molecule has 1 aliphatic heterocycles. The minimum atomic E-state index is -3.55. The number of carbonyl (C=O) groups is 1. The van der Waals surface area contributed by atoms with Gasteiger partial charge in [-0.2, -0.15) is 0 Å². The molecule has 0 bridgehead atoms. The maximum absolute atomic E-state index is 13.2. The summed E-state index contributed by atoms with van der Waals surface area (Å²) in [5.74, 6) is -0.207. The van der Waals surface area contributed by atoms with E-state index in [4.69, 9.17) is 23.2 Å². The molecule has 5 nitrogen and oxygen atoms in total. The Labute approximate surface area is 197 Å². The fourth-order valence-corrected chi connectivity index (χ4v) is 6.38. The molecule has 0 spiro atoms. The Morgan fingerprint density at radius 1 is 1.09 bits per heavy atom. The van der Waals surface area contributed by atoms with Gasteiger partial charge in [-0.15, -0.1) is 0 Å². The molecule has 32 heavy (non-hydrogen) atoms.